The summed E-state index contributed by atoms with van der Waals surface area (Å²) in [5.41, 5.74) is 1.72. The molecule has 1 fully saturated rings. The largest absolute Gasteiger partial charge is 0.313 e. The first-order valence-corrected chi connectivity index (χ1v) is 7.73. The quantitative estimate of drug-likeness (QED) is 0.910. The van der Waals surface area contributed by atoms with Gasteiger partial charge in [-0.1, -0.05) is 31.0 Å². The summed E-state index contributed by atoms with van der Waals surface area (Å²) in [5.74, 6) is -0.160. The molecule has 1 aliphatic carbocycles. The minimum absolute atomic E-state index is 0.0434. The Labute approximate surface area is 125 Å². The summed E-state index contributed by atoms with van der Waals surface area (Å²) >= 11 is 0. The fourth-order valence-electron chi connectivity index (χ4n) is 3.19. The van der Waals surface area contributed by atoms with Gasteiger partial charge in [0, 0.05) is 24.2 Å². The van der Waals surface area contributed by atoms with E-state index in [0.29, 0.717) is 18.0 Å². The first-order valence-electron chi connectivity index (χ1n) is 7.73. The van der Waals surface area contributed by atoms with Gasteiger partial charge in [0.2, 0.25) is 0 Å². The molecule has 0 saturated heterocycles. The van der Waals surface area contributed by atoms with E-state index in [-0.39, 0.29) is 11.9 Å². The van der Waals surface area contributed by atoms with E-state index in [9.17, 15) is 4.39 Å². The van der Waals surface area contributed by atoms with Crippen LogP contribution in [0, 0.1) is 5.82 Å². The van der Waals surface area contributed by atoms with E-state index < -0.39 is 0 Å². The van der Waals surface area contributed by atoms with Gasteiger partial charge in [-0.25, -0.2) is 4.39 Å². The fraction of sp³-hybridized carbons (Fsp3) is 0.471. The third-order valence-corrected chi connectivity index (χ3v) is 4.40. The molecule has 1 aromatic carbocycles. The van der Waals surface area contributed by atoms with E-state index in [1.807, 2.05) is 19.2 Å². The van der Waals surface area contributed by atoms with Crippen molar-refractivity contribution in [3.05, 3.63) is 53.6 Å². The maximum atomic E-state index is 13.9. The summed E-state index contributed by atoms with van der Waals surface area (Å²) in [7, 11) is 1.87. The van der Waals surface area contributed by atoms with Gasteiger partial charge in [0.15, 0.2) is 0 Å². The molecule has 21 heavy (non-hydrogen) atoms. The molecule has 112 valence electrons. The third kappa shape index (κ3) is 3.16. The summed E-state index contributed by atoms with van der Waals surface area (Å²) in [6.45, 7) is 0. The Morgan fingerprint density at radius 1 is 1.29 bits per heavy atom. The van der Waals surface area contributed by atoms with Gasteiger partial charge in [-0.15, -0.1) is 0 Å². The van der Waals surface area contributed by atoms with Gasteiger partial charge >= 0.3 is 0 Å². The Kier molecular flexibility index (Phi) is 4.34. The lowest BCUT2D eigenvalue weighted by Crippen LogP contribution is -2.20. The number of likely N-dealkylation sites (N-methyl/N-ethyl adjacent to an activating group) is 1. The van der Waals surface area contributed by atoms with E-state index in [1.165, 1.54) is 31.7 Å². The maximum Gasteiger partial charge on any atom is 0.127 e. The molecule has 1 aromatic heterocycles. The topological polar surface area (TPSA) is 29.9 Å². The molecule has 1 atom stereocenters. The molecule has 1 N–H and O–H groups in total. The van der Waals surface area contributed by atoms with Crippen LogP contribution >= 0.6 is 0 Å². The molecule has 0 amide bonds. The van der Waals surface area contributed by atoms with Crippen LogP contribution in [-0.4, -0.2) is 16.8 Å². The Morgan fingerprint density at radius 3 is 2.76 bits per heavy atom. The lowest BCUT2D eigenvalue weighted by atomic mass is 10.0. The van der Waals surface area contributed by atoms with Gasteiger partial charge in [-0.05, 0) is 32.0 Å². The van der Waals surface area contributed by atoms with E-state index >= 15 is 0 Å². The molecule has 0 radical (unpaired) electrons. The van der Waals surface area contributed by atoms with Crippen LogP contribution in [0.1, 0.15) is 49.0 Å². The summed E-state index contributed by atoms with van der Waals surface area (Å²) < 4.78 is 16.0. The van der Waals surface area contributed by atoms with Crippen molar-refractivity contribution in [2.75, 3.05) is 7.05 Å². The molecule has 4 heteroatoms. The minimum atomic E-state index is -0.160. The molecular weight excluding hydrogens is 265 g/mol. The molecular formula is C17H22FN3. The monoisotopic (exact) mass is 287 g/mol. The van der Waals surface area contributed by atoms with Gasteiger partial charge < -0.3 is 5.32 Å². The van der Waals surface area contributed by atoms with Crippen molar-refractivity contribution >= 4 is 0 Å². The Morgan fingerprint density at radius 2 is 2.05 bits per heavy atom. The van der Waals surface area contributed by atoms with E-state index in [0.717, 1.165) is 5.69 Å². The second-order valence-electron chi connectivity index (χ2n) is 5.79. The van der Waals surface area contributed by atoms with E-state index in [2.05, 4.69) is 27.4 Å². The van der Waals surface area contributed by atoms with Gasteiger partial charge in [0.05, 0.1) is 11.7 Å². The number of nitrogens with zero attached hydrogens (tertiary/aromatic N) is 2. The standard InChI is InChI=1S/C17H22FN3/c1-19-17(15-8-4-5-9-16(15)18)12-13-10-11-21(20-13)14-6-2-3-7-14/h4-5,8-11,14,17,19H,2-3,6-7,12H2,1H3. The zero-order valence-electron chi connectivity index (χ0n) is 12.4. The number of hydrogen-bond donors (Lipinski definition) is 1. The zero-order chi connectivity index (χ0) is 14.7. The molecule has 0 bridgehead atoms. The lowest BCUT2D eigenvalue weighted by Gasteiger charge is -2.16. The van der Waals surface area contributed by atoms with Crippen molar-refractivity contribution in [2.45, 2.75) is 44.2 Å². The highest BCUT2D eigenvalue weighted by Gasteiger charge is 2.19. The SMILES string of the molecule is CNC(Cc1ccn(C2CCCC2)n1)c1ccccc1F. The van der Waals surface area contributed by atoms with Crippen LogP contribution in [0.4, 0.5) is 4.39 Å². The van der Waals surface area contributed by atoms with Crippen molar-refractivity contribution in [2.24, 2.45) is 0 Å². The zero-order valence-corrected chi connectivity index (χ0v) is 12.4. The first-order chi connectivity index (χ1) is 10.3. The molecule has 1 heterocycles. The molecule has 3 nitrogen and oxygen atoms in total. The minimum Gasteiger partial charge on any atom is -0.313 e. The van der Waals surface area contributed by atoms with Crippen LogP contribution in [0.25, 0.3) is 0 Å². The fourth-order valence-corrected chi connectivity index (χ4v) is 3.19. The summed E-state index contributed by atoms with van der Waals surface area (Å²) in [6, 6.07) is 9.52. The van der Waals surface area contributed by atoms with E-state index in [1.54, 1.807) is 6.07 Å². The average molecular weight is 287 g/mol. The van der Waals surface area contributed by atoms with Crippen molar-refractivity contribution in [1.82, 2.24) is 15.1 Å². The van der Waals surface area contributed by atoms with Crippen molar-refractivity contribution in [3.8, 4) is 0 Å². The van der Waals surface area contributed by atoms with Crippen LogP contribution in [0.15, 0.2) is 36.5 Å². The molecule has 0 spiro atoms. The summed E-state index contributed by atoms with van der Waals surface area (Å²) in [5, 5.41) is 7.89. The first kappa shape index (κ1) is 14.3. The predicted octanol–water partition coefficient (Wildman–Crippen LogP) is 3.64. The molecule has 0 aliphatic heterocycles. The van der Waals surface area contributed by atoms with Gasteiger partial charge in [0.1, 0.15) is 5.82 Å². The summed E-state index contributed by atoms with van der Waals surface area (Å²) in [4.78, 5) is 0. The highest BCUT2D eigenvalue weighted by molar-refractivity contribution is 5.22. The number of hydrogen-bond acceptors (Lipinski definition) is 2. The molecule has 1 unspecified atom stereocenters. The van der Waals surface area contributed by atoms with Gasteiger partial charge in [0.25, 0.3) is 0 Å². The molecule has 2 aromatic rings. The van der Waals surface area contributed by atoms with Gasteiger partial charge in [-0.2, -0.15) is 5.10 Å². The molecule has 1 saturated carbocycles. The number of nitrogens with one attached hydrogen (secondary N) is 1. The molecule has 3 rings (SSSR count). The second-order valence-corrected chi connectivity index (χ2v) is 5.79. The number of benzene rings is 1. The highest BCUT2D eigenvalue weighted by Crippen LogP contribution is 2.29. The maximum absolute atomic E-state index is 13.9. The normalized spacial score (nSPS) is 17.2. The second kappa shape index (κ2) is 6.39. The van der Waals surface area contributed by atoms with Crippen LogP contribution in [0.3, 0.4) is 0 Å². The summed E-state index contributed by atoms with van der Waals surface area (Å²) in [6.07, 6.45) is 7.83. The number of rotatable bonds is 5. The Hall–Kier alpha value is -1.68. The predicted molar refractivity (Wildman–Crippen MR) is 81.6 cm³/mol. The Balaban J connectivity index is 1.74. The number of aromatic nitrogens is 2. The lowest BCUT2D eigenvalue weighted by molar-refractivity contribution is 0.457. The van der Waals surface area contributed by atoms with Crippen LogP contribution in [0.2, 0.25) is 0 Å². The molecule has 1 aliphatic rings. The van der Waals surface area contributed by atoms with Crippen molar-refractivity contribution in [1.29, 1.82) is 0 Å². The van der Waals surface area contributed by atoms with Crippen molar-refractivity contribution in [3.63, 3.8) is 0 Å². The van der Waals surface area contributed by atoms with Crippen molar-refractivity contribution < 1.29 is 4.39 Å². The number of halogens is 1. The third-order valence-electron chi connectivity index (χ3n) is 4.40. The average Bonchev–Trinajstić information content (AvgIpc) is 3.16. The van der Waals surface area contributed by atoms with Crippen LogP contribution in [0.5, 0.6) is 0 Å². The van der Waals surface area contributed by atoms with Crippen LogP contribution in [-0.2, 0) is 6.42 Å². The Bertz CT molecular complexity index is 587. The highest BCUT2D eigenvalue weighted by atomic mass is 19.1. The van der Waals surface area contributed by atoms with E-state index in [4.69, 9.17) is 0 Å². The van der Waals surface area contributed by atoms with Crippen LogP contribution < -0.4 is 5.32 Å². The smallest absolute Gasteiger partial charge is 0.127 e. The van der Waals surface area contributed by atoms with Gasteiger partial charge in [-0.3, -0.25) is 4.68 Å².